The average molecular weight is 328 g/mol. The van der Waals surface area contributed by atoms with Crippen LogP contribution in [0.15, 0.2) is 18.2 Å². The summed E-state index contributed by atoms with van der Waals surface area (Å²) in [5.74, 6) is -0.210. The highest BCUT2D eigenvalue weighted by Crippen LogP contribution is 2.25. The summed E-state index contributed by atoms with van der Waals surface area (Å²) in [4.78, 5) is 24.3. The fraction of sp³-hybridized carbons (Fsp3) is 0.500. The van der Waals surface area contributed by atoms with Gasteiger partial charge in [0.05, 0.1) is 10.5 Å². The van der Waals surface area contributed by atoms with Gasteiger partial charge >= 0.3 is 0 Å². The Balaban J connectivity index is 2.14. The summed E-state index contributed by atoms with van der Waals surface area (Å²) < 4.78 is 5.23. The smallest absolute Gasteiger partial charge is 0.269 e. The molecule has 1 aromatic carbocycles. The van der Waals surface area contributed by atoms with Crippen LogP contribution in [-0.2, 0) is 16.1 Å². The number of hydrogen-bond acceptors (Lipinski definition) is 5. The first-order valence-electron chi connectivity index (χ1n) is 6.88. The number of halogens is 1. The van der Waals surface area contributed by atoms with E-state index in [1.165, 1.54) is 23.1 Å². The number of nitro benzene ring substituents is 1. The molecular weight excluding hydrogens is 310 g/mol. The third-order valence-corrected chi connectivity index (χ3v) is 4.17. The highest BCUT2D eigenvalue weighted by Gasteiger charge is 2.38. The van der Waals surface area contributed by atoms with Crippen molar-refractivity contribution in [2.75, 3.05) is 20.3 Å². The van der Waals surface area contributed by atoms with Gasteiger partial charge in [0.25, 0.3) is 5.69 Å². The van der Waals surface area contributed by atoms with Crippen LogP contribution < -0.4 is 5.73 Å². The van der Waals surface area contributed by atoms with Crippen molar-refractivity contribution in [3.05, 3.63) is 38.9 Å². The van der Waals surface area contributed by atoms with Crippen LogP contribution in [-0.4, -0.2) is 41.5 Å². The van der Waals surface area contributed by atoms with Gasteiger partial charge in [-0.25, -0.2) is 0 Å². The van der Waals surface area contributed by atoms with E-state index in [1.807, 2.05) is 0 Å². The number of nitrogens with two attached hydrogens (primary N) is 1. The van der Waals surface area contributed by atoms with Crippen LogP contribution in [0, 0.1) is 10.1 Å². The molecule has 1 fully saturated rings. The zero-order chi connectivity index (χ0) is 16.3. The Morgan fingerprint density at radius 1 is 1.50 bits per heavy atom. The molecular formula is C14H18ClN3O4. The lowest BCUT2D eigenvalue weighted by atomic mass is 9.89. The maximum Gasteiger partial charge on any atom is 0.269 e. The van der Waals surface area contributed by atoms with Crippen LogP contribution in [0.5, 0.6) is 0 Å². The lowest BCUT2D eigenvalue weighted by Crippen LogP contribution is -2.57. The minimum atomic E-state index is -0.944. The molecule has 0 saturated carbocycles. The van der Waals surface area contributed by atoms with Crippen molar-refractivity contribution >= 4 is 23.2 Å². The molecule has 1 amide bonds. The second kappa shape index (κ2) is 6.60. The van der Waals surface area contributed by atoms with Gasteiger partial charge in [-0.15, -0.1) is 0 Å². The van der Waals surface area contributed by atoms with Crippen molar-refractivity contribution in [3.63, 3.8) is 0 Å². The van der Waals surface area contributed by atoms with Crippen molar-refractivity contribution in [2.24, 2.45) is 5.73 Å². The highest BCUT2D eigenvalue weighted by atomic mass is 35.5. The summed E-state index contributed by atoms with van der Waals surface area (Å²) in [5.41, 5.74) is 5.67. The Hall–Kier alpha value is -1.70. The molecule has 0 aliphatic carbocycles. The number of benzene rings is 1. The first kappa shape index (κ1) is 16.7. The zero-order valence-corrected chi connectivity index (χ0v) is 13.0. The standard InChI is InChI=1S/C14H18ClN3O4/c1-17(13(19)14(16)4-6-22-7-5-14)9-10-8-11(18(20)21)2-3-12(10)15/h2-3,8H,4-7,9,16H2,1H3. The molecule has 2 rings (SSSR count). The van der Waals surface area contributed by atoms with Crippen LogP contribution >= 0.6 is 11.6 Å². The van der Waals surface area contributed by atoms with Crippen molar-refractivity contribution in [2.45, 2.75) is 24.9 Å². The normalized spacial score (nSPS) is 17.0. The molecule has 2 N–H and O–H groups in total. The molecule has 1 heterocycles. The van der Waals surface area contributed by atoms with Crippen molar-refractivity contribution in [1.29, 1.82) is 0 Å². The number of carbonyl (C=O) groups is 1. The molecule has 120 valence electrons. The summed E-state index contributed by atoms with van der Waals surface area (Å²) >= 11 is 6.06. The van der Waals surface area contributed by atoms with Crippen molar-refractivity contribution < 1.29 is 14.5 Å². The van der Waals surface area contributed by atoms with Gasteiger partial charge in [-0.1, -0.05) is 11.6 Å². The van der Waals surface area contributed by atoms with Gasteiger partial charge in [0, 0.05) is 44.0 Å². The number of hydrogen-bond donors (Lipinski definition) is 1. The maximum atomic E-state index is 12.5. The van der Waals surface area contributed by atoms with Gasteiger partial charge in [-0.3, -0.25) is 14.9 Å². The largest absolute Gasteiger partial charge is 0.381 e. The molecule has 8 heteroatoms. The van der Waals surface area contributed by atoms with Gasteiger partial charge in [0.15, 0.2) is 0 Å². The van der Waals surface area contributed by atoms with Gasteiger partial charge in [0.2, 0.25) is 5.91 Å². The third-order valence-electron chi connectivity index (χ3n) is 3.81. The molecule has 1 aromatic rings. The van der Waals surface area contributed by atoms with E-state index in [0.717, 1.165) is 0 Å². The molecule has 0 atom stereocenters. The number of amides is 1. The Morgan fingerprint density at radius 3 is 2.73 bits per heavy atom. The van der Waals surface area contributed by atoms with Gasteiger partial charge in [0.1, 0.15) is 0 Å². The van der Waals surface area contributed by atoms with E-state index >= 15 is 0 Å². The fourth-order valence-corrected chi connectivity index (χ4v) is 2.63. The zero-order valence-electron chi connectivity index (χ0n) is 12.3. The molecule has 0 bridgehead atoms. The Bertz CT molecular complexity index is 587. The van der Waals surface area contributed by atoms with Crippen molar-refractivity contribution in [1.82, 2.24) is 4.90 Å². The molecule has 1 saturated heterocycles. The van der Waals surface area contributed by atoms with E-state index in [0.29, 0.717) is 36.6 Å². The number of likely N-dealkylation sites (N-methyl/N-ethyl adjacent to an activating group) is 1. The lowest BCUT2D eigenvalue weighted by Gasteiger charge is -2.35. The quantitative estimate of drug-likeness (QED) is 0.670. The average Bonchev–Trinajstić information content (AvgIpc) is 2.49. The summed E-state index contributed by atoms with van der Waals surface area (Å²) in [6.45, 7) is 1.07. The van der Waals surface area contributed by atoms with Crippen LogP contribution in [0.4, 0.5) is 5.69 Å². The van der Waals surface area contributed by atoms with E-state index in [2.05, 4.69) is 0 Å². The molecule has 0 aromatic heterocycles. The molecule has 22 heavy (non-hydrogen) atoms. The van der Waals surface area contributed by atoms with E-state index in [-0.39, 0.29) is 18.1 Å². The predicted octanol–water partition coefficient (Wildman–Crippen LogP) is 1.71. The van der Waals surface area contributed by atoms with Gasteiger partial charge in [-0.05, 0) is 24.5 Å². The summed E-state index contributed by atoms with van der Waals surface area (Å²) in [6, 6.07) is 4.16. The van der Waals surface area contributed by atoms with E-state index in [9.17, 15) is 14.9 Å². The van der Waals surface area contributed by atoms with E-state index in [4.69, 9.17) is 22.1 Å². The first-order chi connectivity index (χ1) is 10.3. The maximum absolute atomic E-state index is 12.5. The Kier molecular flexibility index (Phi) is 5.00. The van der Waals surface area contributed by atoms with E-state index in [1.54, 1.807) is 7.05 Å². The van der Waals surface area contributed by atoms with Crippen LogP contribution in [0.1, 0.15) is 18.4 Å². The summed E-state index contributed by atoms with van der Waals surface area (Å²) in [7, 11) is 1.61. The highest BCUT2D eigenvalue weighted by molar-refractivity contribution is 6.31. The number of rotatable bonds is 4. The Morgan fingerprint density at radius 2 is 2.14 bits per heavy atom. The molecule has 0 radical (unpaired) electrons. The molecule has 1 aliphatic rings. The topological polar surface area (TPSA) is 98.7 Å². The Labute approximate surface area is 133 Å². The monoisotopic (exact) mass is 327 g/mol. The van der Waals surface area contributed by atoms with Gasteiger partial charge in [-0.2, -0.15) is 0 Å². The number of ether oxygens (including phenoxy) is 1. The minimum absolute atomic E-state index is 0.0613. The lowest BCUT2D eigenvalue weighted by molar-refractivity contribution is -0.384. The van der Waals surface area contributed by atoms with Crippen LogP contribution in [0.3, 0.4) is 0 Å². The second-order valence-electron chi connectivity index (χ2n) is 5.46. The van der Waals surface area contributed by atoms with Gasteiger partial charge < -0.3 is 15.4 Å². The number of non-ortho nitro benzene ring substituents is 1. The second-order valence-corrected chi connectivity index (χ2v) is 5.87. The number of carbonyl (C=O) groups excluding carboxylic acids is 1. The molecule has 1 aliphatic heterocycles. The third kappa shape index (κ3) is 3.55. The molecule has 7 nitrogen and oxygen atoms in total. The van der Waals surface area contributed by atoms with E-state index < -0.39 is 10.5 Å². The first-order valence-corrected chi connectivity index (χ1v) is 7.26. The summed E-state index contributed by atoms with van der Waals surface area (Å²) in [6.07, 6.45) is 0.914. The SMILES string of the molecule is CN(Cc1cc([N+](=O)[O-])ccc1Cl)C(=O)C1(N)CCOCC1. The minimum Gasteiger partial charge on any atom is -0.381 e. The fourth-order valence-electron chi connectivity index (χ4n) is 2.45. The van der Waals surface area contributed by atoms with Crippen LogP contribution in [0.2, 0.25) is 5.02 Å². The van der Waals surface area contributed by atoms with Crippen LogP contribution in [0.25, 0.3) is 0 Å². The molecule has 0 unspecified atom stereocenters. The number of nitro groups is 1. The summed E-state index contributed by atoms with van der Waals surface area (Å²) in [5, 5.41) is 11.2. The number of nitrogens with zero attached hydrogens (tertiary/aromatic N) is 2. The van der Waals surface area contributed by atoms with Crippen molar-refractivity contribution in [3.8, 4) is 0 Å². The predicted molar refractivity (Wildman–Crippen MR) is 81.6 cm³/mol. The molecule has 0 spiro atoms.